The number of anilines is 1. The Balaban J connectivity index is 1.58. The van der Waals surface area contributed by atoms with Crippen molar-refractivity contribution >= 4 is 34.1 Å². The quantitative estimate of drug-likeness (QED) is 0.597. The number of hydrogen-bond acceptors (Lipinski definition) is 7. The summed E-state index contributed by atoms with van der Waals surface area (Å²) >= 11 is 2.97. The molecule has 1 aromatic heterocycles. The van der Waals surface area contributed by atoms with Crippen molar-refractivity contribution in [2.75, 3.05) is 19.5 Å². The third kappa shape index (κ3) is 4.18. The van der Waals surface area contributed by atoms with Gasteiger partial charge in [0, 0.05) is 17.7 Å². The zero-order chi connectivity index (χ0) is 16.9. The molecule has 1 amide bonds. The number of methoxy groups -OCH3 is 2. The molecule has 0 saturated heterocycles. The number of hydrogen-bond donors (Lipinski definition) is 1. The van der Waals surface area contributed by atoms with Gasteiger partial charge in [-0.2, -0.15) is 0 Å². The number of aromatic nitrogens is 2. The lowest BCUT2D eigenvalue weighted by atomic mass is 9.85. The molecule has 0 atom stereocenters. The summed E-state index contributed by atoms with van der Waals surface area (Å²) in [6, 6.07) is 5.78. The molecule has 1 saturated carbocycles. The zero-order valence-corrected chi connectivity index (χ0v) is 15.2. The molecule has 2 aromatic rings. The van der Waals surface area contributed by atoms with E-state index >= 15 is 0 Å². The SMILES string of the molecule is COc1cc(CSc2nnc(NC(=O)C3CCC3)s2)cc(OC)c1. The largest absolute Gasteiger partial charge is 0.497 e. The van der Waals surface area contributed by atoms with E-state index in [9.17, 15) is 4.79 Å². The second-order valence-electron chi connectivity index (χ2n) is 5.50. The summed E-state index contributed by atoms with van der Waals surface area (Å²) in [4.78, 5) is 11.9. The molecule has 8 heteroatoms. The van der Waals surface area contributed by atoms with E-state index in [4.69, 9.17) is 9.47 Å². The Bertz CT molecular complexity index is 694. The number of amides is 1. The summed E-state index contributed by atoms with van der Waals surface area (Å²) in [6.45, 7) is 0. The van der Waals surface area contributed by atoms with Gasteiger partial charge in [0.2, 0.25) is 11.0 Å². The summed E-state index contributed by atoms with van der Waals surface area (Å²) < 4.78 is 11.4. The molecule has 128 valence electrons. The van der Waals surface area contributed by atoms with Gasteiger partial charge in [-0.05, 0) is 30.5 Å². The van der Waals surface area contributed by atoms with Crippen LogP contribution in [0.5, 0.6) is 11.5 Å². The minimum atomic E-state index is 0.0616. The molecule has 1 aromatic carbocycles. The van der Waals surface area contributed by atoms with Crippen molar-refractivity contribution in [3.05, 3.63) is 23.8 Å². The molecule has 0 unspecified atom stereocenters. The molecule has 0 aliphatic heterocycles. The first kappa shape index (κ1) is 17.0. The molecule has 6 nitrogen and oxygen atoms in total. The molecule has 1 N–H and O–H groups in total. The Morgan fingerprint density at radius 2 is 1.96 bits per heavy atom. The van der Waals surface area contributed by atoms with Crippen LogP contribution in [0.25, 0.3) is 0 Å². The first-order chi connectivity index (χ1) is 11.7. The fourth-order valence-electron chi connectivity index (χ4n) is 2.29. The molecule has 0 bridgehead atoms. The molecule has 1 aliphatic carbocycles. The molecule has 0 radical (unpaired) electrons. The van der Waals surface area contributed by atoms with Crippen LogP contribution >= 0.6 is 23.1 Å². The summed E-state index contributed by atoms with van der Waals surface area (Å²) in [7, 11) is 3.26. The lowest BCUT2D eigenvalue weighted by Crippen LogP contribution is -2.27. The van der Waals surface area contributed by atoms with Gasteiger partial charge < -0.3 is 14.8 Å². The summed E-state index contributed by atoms with van der Waals surface area (Å²) in [5.41, 5.74) is 1.08. The molecule has 24 heavy (non-hydrogen) atoms. The van der Waals surface area contributed by atoms with Crippen LogP contribution in [0.2, 0.25) is 0 Å². The van der Waals surface area contributed by atoms with Gasteiger partial charge in [0.1, 0.15) is 11.5 Å². The van der Waals surface area contributed by atoms with Gasteiger partial charge in [0.25, 0.3) is 0 Å². The normalized spacial score (nSPS) is 14.1. The number of carbonyl (C=O) groups is 1. The van der Waals surface area contributed by atoms with Gasteiger partial charge in [-0.25, -0.2) is 0 Å². The van der Waals surface area contributed by atoms with Crippen molar-refractivity contribution < 1.29 is 14.3 Å². The van der Waals surface area contributed by atoms with Crippen molar-refractivity contribution in [3.63, 3.8) is 0 Å². The fourth-order valence-corrected chi connectivity index (χ4v) is 3.98. The molecule has 3 rings (SSSR count). The number of ether oxygens (including phenoxy) is 2. The van der Waals surface area contributed by atoms with Crippen molar-refractivity contribution in [3.8, 4) is 11.5 Å². The number of nitrogens with one attached hydrogen (secondary N) is 1. The lowest BCUT2D eigenvalue weighted by molar-refractivity contribution is -0.122. The maximum atomic E-state index is 11.9. The fraction of sp³-hybridized carbons (Fsp3) is 0.438. The van der Waals surface area contributed by atoms with Crippen LogP contribution < -0.4 is 14.8 Å². The van der Waals surface area contributed by atoms with E-state index in [-0.39, 0.29) is 11.8 Å². The number of rotatable bonds is 7. The molecule has 0 spiro atoms. The highest BCUT2D eigenvalue weighted by Gasteiger charge is 2.25. The number of benzene rings is 1. The van der Waals surface area contributed by atoms with E-state index in [1.165, 1.54) is 11.3 Å². The van der Waals surface area contributed by atoms with E-state index in [1.807, 2.05) is 18.2 Å². The number of carbonyl (C=O) groups excluding carboxylic acids is 1. The van der Waals surface area contributed by atoms with Crippen LogP contribution in [0, 0.1) is 5.92 Å². The Morgan fingerprint density at radius 3 is 2.54 bits per heavy atom. The highest BCUT2D eigenvalue weighted by Crippen LogP contribution is 2.32. The van der Waals surface area contributed by atoms with Crippen molar-refractivity contribution in [1.29, 1.82) is 0 Å². The Morgan fingerprint density at radius 1 is 1.25 bits per heavy atom. The molecule has 1 fully saturated rings. The Kier molecular flexibility index (Phi) is 5.57. The molecule has 1 heterocycles. The van der Waals surface area contributed by atoms with Gasteiger partial charge in [0.15, 0.2) is 4.34 Å². The van der Waals surface area contributed by atoms with Crippen LogP contribution in [0.15, 0.2) is 22.5 Å². The minimum Gasteiger partial charge on any atom is -0.497 e. The zero-order valence-electron chi connectivity index (χ0n) is 13.6. The predicted octanol–water partition coefficient (Wildman–Crippen LogP) is 3.59. The van der Waals surface area contributed by atoms with Gasteiger partial charge in [-0.1, -0.05) is 29.5 Å². The maximum absolute atomic E-state index is 11.9. The van der Waals surface area contributed by atoms with Crippen molar-refractivity contribution in [1.82, 2.24) is 10.2 Å². The summed E-state index contributed by atoms with van der Waals surface area (Å²) in [6.07, 6.45) is 3.09. The van der Waals surface area contributed by atoms with Gasteiger partial charge >= 0.3 is 0 Å². The van der Waals surface area contributed by atoms with Crippen LogP contribution in [0.4, 0.5) is 5.13 Å². The standard InChI is InChI=1S/C16H19N3O3S2/c1-21-12-6-10(7-13(8-12)22-2)9-23-16-19-18-15(24-16)17-14(20)11-4-3-5-11/h6-8,11H,3-5,9H2,1-2H3,(H,17,18,20). The lowest BCUT2D eigenvalue weighted by Gasteiger charge is -2.23. The number of nitrogens with zero attached hydrogens (tertiary/aromatic N) is 2. The van der Waals surface area contributed by atoms with Crippen LogP contribution in [-0.4, -0.2) is 30.3 Å². The smallest absolute Gasteiger partial charge is 0.229 e. The van der Waals surface area contributed by atoms with Gasteiger partial charge in [-0.3, -0.25) is 4.79 Å². The van der Waals surface area contributed by atoms with E-state index in [1.54, 1.807) is 26.0 Å². The van der Waals surface area contributed by atoms with Crippen LogP contribution in [0.3, 0.4) is 0 Å². The van der Waals surface area contributed by atoms with E-state index < -0.39 is 0 Å². The monoisotopic (exact) mass is 365 g/mol. The Hall–Kier alpha value is -1.80. The molecule has 1 aliphatic rings. The van der Waals surface area contributed by atoms with Gasteiger partial charge in [-0.15, -0.1) is 10.2 Å². The Labute approximate surface area is 149 Å². The van der Waals surface area contributed by atoms with E-state index in [0.29, 0.717) is 5.13 Å². The third-order valence-corrected chi connectivity index (χ3v) is 5.93. The first-order valence-electron chi connectivity index (χ1n) is 7.67. The minimum absolute atomic E-state index is 0.0616. The predicted molar refractivity (Wildman–Crippen MR) is 95.0 cm³/mol. The van der Waals surface area contributed by atoms with Crippen molar-refractivity contribution in [2.45, 2.75) is 29.4 Å². The average Bonchev–Trinajstić information content (AvgIpc) is 2.98. The second kappa shape index (κ2) is 7.85. The van der Waals surface area contributed by atoms with Crippen LogP contribution in [0.1, 0.15) is 24.8 Å². The molecular formula is C16H19N3O3S2. The summed E-state index contributed by atoms with van der Waals surface area (Å²) in [5, 5.41) is 11.6. The van der Waals surface area contributed by atoms with Crippen molar-refractivity contribution in [2.24, 2.45) is 5.92 Å². The number of thioether (sulfide) groups is 1. The second-order valence-corrected chi connectivity index (χ2v) is 7.70. The van der Waals surface area contributed by atoms with Gasteiger partial charge in [0.05, 0.1) is 14.2 Å². The maximum Gasteiger partial charge on any atom is 0.229 e. The van der Waals surface area contributed by atoms with Crippen LogP contribution in [-0.2, 0) is 10.5 Å². The highest BCUT2D eigenvalue weighted by atomic mass is 32.2. The molecular weight excluding hydrogens is 346 g/mol. The highest BCUT2D eigenvalue weighted by molar-refractivity contribution is 8.00. The first-order valence-corrected chi connectivity index (χ1v) is 9.47. The van der Waals surface area contributed by atoms with E-state index in [2.05, 4.69) is 15.5 Å². The summed E-state index contributed by atoms with van der Waals surface area (Å²) in [5.74, 6) is 2.45. The topological polar surface area (TPSA) is 73.3 Å². The third-order valence-electron chi connectivity index (χ3n) is 3.89. The average molecular weight is 365 g/mol. The van der Waals surface area contributed by atoms with E-state index in [0.717, 1.165) is 46.4 Å².